The lowest BCUT2D eigenvalue weighted by molar-refractivity contribution is 0.0915. The minimum absolute atomic E-state index is 0.167. The number of para-hydroxylation sites is 1. The molecule has 0 radical (unpaired) electrons. The SMILES string of the molecule is CC(O)CNC(=O)c1cc2ccccc2n1Cc1ccccc1F. The molecule has 0 bridgehead atoms. The Bertz CT molecular complexity index is 871. The largest absolute Gasteiger partial charge is 0.392 e. The molecule has 0 fully saturated rings. The Morgan fingerprint density at radius 3 is 2.67 bits per heavy atom. The van der Waals surface area contributed by atoms with Crippen LogP contribution in [-0.4, -0.2) is 28.2 Å². The Kier molecular flexibility index (Phi) is 4.62. The van der Waals surface area contributed by atoms with Gasteiger partial charge in [0.05, 0.1) is 12.6 Å². The number of amides is 1. The molecule has 0 aliphatic rings. The fourth-order valence-electron chi connectivity index (χ4n) is 2.70. The molecule has 1 heterocycles. The van der Waals surface area contributed by atoms with Crippen LogP contribution in [0.1, 0.15) is 23.0 Å². The zero-order valence-corrected chi connectivity index (χ0v) is 13.4. The van der Waals surface area contributed by atoms with Crippen LogP contribution in [0.4, 0.5) is 4.39 Å². The summed E-state index contributed by atoms with van der Waals surface area (Å²) in [5.74, 6) is -0.589. The van der Waals surface area contributed by atoms with Gasteiger partial charge in [0, 0.05) is 23.0 Å². The molecule has 124 valence electrons. The van der Waals surface area contributed by atoms with Crippen molar-refractivity contribution in [1.82, 2.24) is 9.88 Å². The van der Waals surface area contributed by atoms with E-state index in [0.717, 1.165) is 10.9 Å². The van der Waals surface area contributed by atoms with Crippen molar-refractivity contribution in [3.8, 4) is 0 Å². The molecule has 0 aliphatic heterocycles. The van der Waals surface area contributed by atoms with Crippen LogP contribution >= 0.6 is 0 Å². The van der Waals surface area contributed by atoms with Crippen molar-refractivity contribution in [2.75, 3.05) is 6.54 Å². The van der Waals surface area contributed by atoms with Crippen LogP contribution in [0.25, 0.3) is 10.9 Å². The summed E-state index contributed by atoms with van der Waals surface area (Å²) in [5, 5.41) is 13.0. The summed E-state index contributed by atoms with van der Waals surface area (Å²) in [6.07, 6.45) is -0.627. The second-order valence-corrected chi connectivity index (χ2v) is 5.82. The van der Waals surface area contributed by atoms with Crippen molar-refractivity contribution in [3.63, 3.8) is 0 Å². The number of fused-ring (bicyclic) bond motifs is 1. The van der Waals surface area contributed by atoms with Crippen LogP contribution in [0.3, 0.4) is 0 Å². The number of rotatable bonds is 5. The summed E-state index contributed by atoms with van der Waals surface area (Å²) < 4.78 is 15.8. The minimum Gasteiger partial charge on any atom is -0.392 e. The Hall–Kier alpha value is -2.66. The average molecular weight is 326 g/mol. The molecule has 4 nitrogen and oxygen atoms in total. The first-order valence-electron chi connectivity index (χ1n) is 7.84. The number of nitrogens with one attached hydrogen (secondary N) is 1. The third-order valence-corrected chi connectivity index (χ3v) is 3.89. The molecule has 0 spiro atoms. The van der Waals surface area contributed by atoms with Gasteiger partial charge in [0.25, 0.3) is 5.91 Å². The molecule has 1 unspecified atom stereocenters. The zero-order valence-electron chi connectivity index (χ0n) is 13.4. The second kappa shape index (κ2) is 6.84. The van der Waals surface area contributed by atoms with Crippen molar-refractivity contribution in [2.45, 2.75) is 19.6 Å². The summed E-state index contributed by atoms with van der Waals surface area (Å²) >= 11 is 0. The molecule has 3 rings (SSSR count). The van der Waals surface area contributed by atoms with Crippen molar-refractivity contribution in [1.29, 1.82) is 0 Å². The second-order valence-electron chi connectivity index (χ2n) is 5.82. The van der Waals surface area contributed by atoms with Crippen LogP contribution < -0.4 is 5.32 Å². The van der Waals surface area contributed by atoms with E-state index in [0.29, 0.717) is 11.3 Å². The predicted molar refractivity (Wildman–Crippen MR) is 91.5 cm³/mol. The highest BCUT2D eigenvalue weighted by molar-refractivity contribution is 5.98. The Morgan fingerprint density at radius 1 is 1.21 bits per heavy atom. The number of carbonyl (C=O) groups is 1. The van der Waals surface area contributed by atoms with Gasteiger partial charge < -0.3 is 15.0 Å². The summed E-state index contributed by atoms with van der Waals surface area (Å²) in [4.78, 5) is 12.5. The third-order valence-electron chi connectivity index (χ3n) is 3.89. The first-order chi connectivity index (χ1) is 11.6. The predicted octanol–water partition coefficient (Wildman–Crippen LogP) is 2.94. The highest BCUT2D eigenvalue weighted by Crippen LogP contribution is 2.22. The molecule has 1 aromatic heterocycles. The van der Waals surface area contributed by atoms with Crippen LogP contribution in [0.15, 0.2) is 54.6 Å². The maximum absolute atomic E-state index is 14.0. The Morgan fingerprint density at radius 2 is 1.92 bits per heavy atom. The van der Waals surface area contributed by atoms with Gasteiger partial charge in [0.1, 0.15) is 11.5 Å². The van der Waals surface area contributed by atoms with Crippen molar-refractivity contribution in [2.24, 2.45) is 0 Å². The highest BCUT2D eigenvalue weighted by atomic mass is 19.1. The van der Waals surface area contributed by atoms with Crippen LogP contribution in [-0.2, 0) is 6.54 Å². The van der Waals surface area contributed by atoms with Gasteiger partial charge in [-0.1, -0.05) is 36.4 Å². The Labute approximate surface area is 139 Å². The molecule has 1 atom stereocenters. The molecule has 2 aromatic carbocycles. The van der Waals surface area contributed by atoms with E-state index in [4.69, 9.17) is 0 Å². The van der Waals surface area contributed by atoms with Crippen LogP contribution in [0.2, 0.25) is 0 Å². The van der Waals surface area contributed by atoms with E-state index in [-0.39, 0.29) is 24.8 Å². The number of hydrogen-bond acceptors (Lipinski definition) is 2. The number of carbonyl (C=O) groups excluding carboxylic acids is 1. The molecular weight excluding hydrogens is 307 g/mol. The standard InChI is InChI=1S/C19H19FN2O2/c1-13(23)11-21-19(24)18-10-14-6-3-5-9-17(14)22(18)12-15-7-2-4-8-16(15)20/h2-10,13,23H,11-12H2,1H3,(H,21,24). The first kappa shape index (κ1) is 16.2. The maximum atomic E-state index is 14.0. The van der Waals surface area contributed by atoms with E-state index < -0.39 is 6.10 Å². The van der Waals surface area contributed by atoms with Crippen molar-refractivity contribution >= 4 is 16.8 Å². The van der Waals surface area contributed by atoms with Gasteiger partial charge in [0.15, 0.2) is 0 Å². The lowest BCUT2D eigenvalue weighted by atomic mass is 10.2. The van der Waals surface area contributed by atoms with E-state index in [2.05, 4.69) is 5.32 Å². The number of halogens is 1. The number of nitrogens with zero attached hydrogens (tertiary/aromatic N) is 1. The van der Waals surface area contributed by atoms with E-state index in [1.54, 1.807) is 35.8 Å². The lowest BCUT2D eigenvalue weighted by Crippen LogP contribution is -2.32. The average Bonchev–Trinajstić information content (AvgIpc) is 2.93. The minimum atomic E-state index is -0.627. The molecule has 3 aromatic rings. The summed E-state index contributed by atoms with van der Waals surface area (Å²) in [6, 6.07) is 15.9. The van der Waals surface area contributed by atoms with Gasteiger partial charge in [-0.05, 0) is 25.1 Å². The van der Waals surface area contributed by atoms with Gasteiger partial charge >= 0.3 is 0 Å². The lowest BCUT2D eigenvalue weighted by Gasteiger charge is -2.12. The third kappa shape index (κ3) is 3.31. The molecule has 0 saturated carbocycles. The van der Waals surface area contributed by atoms with E-state index in [9.17, 15) is 14.3 Å². The number of aromatic nitrogens is 1. The van der Waals surface area contributed by atoms with Gasteiger partial charge in [-0.15, -0.1) is 0 Å². The highest BCUT2D eigenvalue weighted by Gasteiger charge is 2.17. The van der Waals surface area contributed by atoms with Crippen LogP contribution in [0.5, 0.6) is 0 Å². The van der Waals surface area contributed by atoms with Crippen molar-refractivity contribution in [3.05, 3.63) is 71.7 Å². The van der Waals surface area contributed by atoms with Gasteiger partial charge in [-0.2, -0.15) is 0 Å². The van der Waals surface area contributed by atoms with E-state index in [1.807, 2.05) is 24.3 Å². The summed E-state index contributed by atoms with van der Waals surface area (Å²) in [7, 11) is 0. The summed E-state index contributed by atoms with van der Waals surface area (Å²) in [6.45, 7) is 2.03. The fraction of sp³-hybridized carbons (Fsp3) is 0.211. The van der Waals surface area contributed by atoms with Gasteiger partial charge in [-0.25, -0.2) is 4.39 Å². The maximum Gasteiger partial charge on any atom is 0.268 e. The number of benzene rings is 2. The van der Waals surface area contributed by atoms with Gasteiger partial charge in [-0.3, -0.25) is 4.79 Å². The van der Waals surface area contributed by atoms with Gasteiger partial charge in [0.2, 0.25) is 0 Å². The molecular formula is C19H19FN2O2. The first-order valence-corrected chi connectivity index (χ1v) is 7.84. The van der Waals surface area contributed by atoms with Crippen molar-refractivity contribution < 1.29 is 14.3 Å². The van der Waals surface area contributed by atoms with Crippen LogP contribution in [0, 0.1) is 5.82 Å². The zero-order chi connectivity index (χ0) is 17.1. The monoisotopic (exact) mass is 326 g/mol. The number of aliphatic hydroxyl groups is 1. The molecule has 1 amide bonds. The molecule has 5 heteroatoms. The smallest absolute Gasteiger partial charge is 0.268 e. The molecule has 0 saturated heterocycles. The topological polar surface area (TPSA) is 54.3 Å². The molecule has 0 aliphatic carbocycles. The molecule has 2 N–H and O–H groups in total. The number of hydrogen-bond donors (Lipinski definition) is 2. The van der Waals surface area contributed by atoms with E-state index in [1.165, 1.54) is 6.07 Å². The molecule has 24 heavy (non-hydrogen) atoms. The quantitative estimate of drug-likeness (QED) is 0.757. The van der Waals surface area contributed by atoms with E-state index >= 15 is 0 Å². The summed E-state index contributed by atoms with van der Waals surface area (Å²) in [5.41, 5.74) is 1.83. The fourth-order valence-corrected chi connectivity index (χ4v) is 2.70. The number of aliphatic hydroxyl groups excluding tert-OH is 1. The Balaban J connectivity index is 2.02. The normalized spacial score (nSPS) is 12.3.